The molecule has 1 aliphatic rings. The number of hydrogen-bond donors (Lipinski definition) is 1. The van der Waals surface area contributed by atoms with E-state index in [9.17, 15) is 9.18 Å². The zero-order chi connectivity index (χ0) is 16.5. The Morgan fingerprint density at radius 1 is 1.29 bits per heavy atom. The fourth-order valence-electron chi connectivity index (χ4n) is 2.74. The molecule has 5 nitrogen and oxygen atoms in total. The molecular formula is C17H13FN4OS. The van der Waals surface area contributed by atoms with Gasteiger partial charge >= 0.3 is 0 Å². The van der Waals surface area contributed by atoms with Crippen LogP contribution in [0.3, 0.4) is 0 Å². The van der Waals surface area contributed by atoms with E-state index in [1.807, 2.05) is 24.5 Å². The van der Waals surface area contributed by atoms with Gasteiger partial charge in [-0.15, -0.1) is 11.8 Å². The SMILES string of the molecule is O=C(Nc1cccc(F)n1)c1ccn2c1CSC2c1cccnc1. The molecule has 1 unspecified atom stereocenters. The van der Waals surface area contributed by atoms with Crippen LogP contribution in [0.15, 0.2) is 55.0 Å². The number of nitrogens with one attached hydrogen (secondary N) is 1. The highest BCUT2D eigenvalue weighted by atomic mass is 32.2. The lowest BCUT2D eigenvalue weighted by Crippen LogP contribution is -2.14. The molecule has 0 bridgehead atoms. The van der Waals surface area contributed by atoms with Gasteiger partial charge in [-0.25, -0.2) is 4.98 Å². The molecular weight excluding hydrogens is 327 g/mol. The van der Waals surface area contributed by atoms with E-state index in [-0.39, 0.29) is 17.1 Å². The summed E-state index contributed by atoms with van der Waals surface area (Å²) in [5.41, 5.74) is 2.62. The summed E-state index contributed by atoms with van der Waals surface area (Å²) in [7, 11) is 0. The smallest absolute Gasteiger partial charge is 0.258 e. The van der Waals surface area contributed by atoms with Crippen LogP contribution in [0.4, 0.5) is 10.2 Å². The van der Waals surface area contributed by atoms with Crippen LogP contribution < -0.4 is 5.32 Å². The molecule has 0 fully saturated rings. The fourth-order valence-corrected chi connectivity index (χ4v) is 4.05. The second kappa shape index (κ2) is 6.09. The average molecular weight is 340 g/mol. The normalized spacial score (nSPS) is 16.0. The zero-order valence-corrected chi connectivity index (χ0v) is 13.3. The first-order chi connectivity index (χ1) is 11.7. The molecule has 7 heteroatoms. The molecule has 4 rings (SSSR count). The largest absolute Gasteiger partial charge is 0.333 e. The van der Waals surface area contributed by atoms with Crippen molar-refractivity contribution in [2.24, 2.45) is 0 Å². The Kier molecular flexibility index (Phi) is 3.78. The highest BCUT2D eigenvalue weighted by molar-refractivity contribution is 7.99. The third kappa shape index (κ3) is 2.67. The van der Waals surface area contributed by atoms with Gasteiger partial charge in [0.05, 0.1) is 5.56 Å². The number of amides is 1. The van der Waals surface area contributed by atoms with Crippen LogP contribution in [0.5, 0.6) is 0 Å². The minimum atomic E-state index is -0.623. The van der Waals surface area contributed by atoms with Gasteiger partial charge in [0.25, 0.3) is 5.91 Å². The number of rotatable bonds is 3. The van der Waals surface area contributed by atoms with Gasteiger partial charge in [-0.05, 0) is 24.3 Å². The molecule has 0 saturated carbocycles. The maximum Gasteiger partial charge on any atom is 0.258 e. The van der Waals surface area contributed by atoms with Gasteiger partial charge in [-0.1, -0.05) is 12.1 Å². The van der Waals surface area contributed by atoms with E-state index in [1.54, 1.807) is 30.1 Å². The third-order valence-electron chi connectivity index (χ3n) is 3.83. The zero-order valence-electron chi connectivity index (χ0n) is 12.5. The summed E-state index contributed by atoms with van der Waals surface area (Å²) in [5, 5.41) is 2.76. The standard InChI is InChI=1S/C17H13FN4OS/c18-14-4-1-5-15(20-14)21-16(23)12-6-8-22-13(12)10-24-17(22)11-3-2-7-19-9-11/h1-9,17H,10H2,(H,20,21,23). The first-order valence-electron chi connectivity index (χ1n) is 7.37. The molecule has 120 valence electrons. The van der Waals surface area contributed by atoms with Gasteiger partial charge in [0, 0.05) is 35.6 Å². The van der Waals surface area contributed by atoms with Gasteiger partial charge in [0.1, 0.15) is 11.2 Å². The summed E-state index contributed by atoms with van der Waals surface area (Å²) in [6.07, 6.45) is 5.48. The minimum Gasteiger partial charge on any atom is -0.333 e. The monoisotopic (exact) mass is 340 g/mol. The van der Waals surface area contributed by atoms with E-state index < -0.39 is 5.95 Å². The van der Waals surface area contributed by atoms with Crippen LogP contribution in [0.1, 0.15) is 27.0 Å². The first kappa shape index (κ1) is 14.9. The van der Waals surface area contributed by atoms with Crippen LogP contribution >= 0.6 is 11.8 Å². The van der Waals surface area contributed by atoms with E-state index in [1.165, 1.54) is 12.1 Å². The second-order valence-electron chi connectivity index (χ2n) is 5.33. The molecule has 3 aromatic heterocycles. The average Bonchev–Trinajstić information content (AvgIpc) is 3.17. The van der Waals surface area contributed by atoms with E-state index >= 15 is 0 Å². The highest BCUT2D eigenvalue weighted by Gasteiger charge is 2.28. The van der Waals surface area contributed by atoms with Crippen LogP contribution in [0, 0.1) is 5.95 Å². The van der Waals surface area contributed by atoms with Gasteiger partial charge in [-0.2, -0.15) is 4.39 Å². The van der Waals surface area contributed by atoms with E-state index in [0.717, 1.165) is 17.0 Å². The van der Waals surface area contributed by atoms with Crippen molar-refractivity contribution in [3.8, 4) is 0 Å². The van der Waals surface area contributed by atoms with E-state index in [0.29, 0.717) is 5.56 Å². The number of anilines is 1. The Labute approximate surface area is 141 Å². The Morgan fingerprint density at radius 3 is 3.00 bits per heavy atom. The van der Waals surface area contributed by atoms with Crippen LogP contribution in [0.25, 0.3) is 0 Å². The third-order valence-corrected chi connectivity index (χ3v) is 5.08. The number of thioether (sulfide) groups is 1. The molecule has 1 atom stereocenters. The van der Waals surface area contributed by atoms with Gasteiger partial charge in [-0.3, -0.25) is 9.78 Å². The minimum absolute atomic E-state index is 0.113. The highest BCUT2D eigenvalue weighted by Crippen LogP contribution is 2.41. The molecule has 4 heterocycles. The number of nitrogens with zero attached hydrogens (tertiary/aromatic N) is 3. The topological polar surface area (TPSA) is 59.8 Å². The van der Waals surface area contributed by atoms with Gasteiger partial charge in [0.2, 0.25) is 5.95 Å². The van der Waals surface area contributed by atoms with Crippen molar-refractivity contribution in [2.75, 3.05) is 5.32 Å². The van der Waals surface area contributed by atoms with Crippen molar-refractivity contribution >= 4 is 23.5 Å². The Balaban J connectivity index is 1.59. The Hall–Kier alpha value is -2.67. The van der Waals surface area contributed by atoms with Crippen molar-refractivity contribution < 1.29 is 9.18 Å². The maximum absolute atomic E-state index is 13.1. The lowest BCUT2D eigenvalue weighted by molar-refractivity contribution is 0.102. The van der Waals surface area contributed by atoms with Crippen LogP contribution in [0.2, 0.25) is 0 Å². The van der Waals surface area contributed by atoms with Gasteiger partial charge < -0.3 is 9.88 Å². The molecule has 0 aliphatic carbocycles. The van der Waals surface area contributed by atoms with E-state index in [2.05, 4.69) is 19.9 Å². The van der Waals surface area contributed by atoms with Gasteiger partial charge in [0.15, 0.2) is 0 Å². The van der Waals surface area contributed by atoms with Crippen molar-refractivity contribution in [3.63, 3.8) is 0 Å². The number of fused-ring (bicyclic) bond motifs is 1. The number of aromatic nitrogens is 3. The fraction of sp³-hybridized carbons (Fsp3) is 0.118. The maximum atomic E-state index is 13.1. The summed E-state index contributed by atoms with van der Waals surface area (Å²) in [6.45, 7) is 0. The molecule has 0 spiro atoms. The summed E-state index contributed by atoms with van der Waals surface area (Å²) in [4.78, 5) is 20.3. The number of carbonyl (C=O) groups excluding carboxylic acids is 1. The molecule has 24 heavy (non-hydrogen) atoms. The summed E-state index contributed by atoms with van der Waals surface area (Å²) in [5.74, 6) is 0.0251. The summed E-state index contributed by atoms with van der Waals surface area (Å²) < 4.78 is 15.2. The number of hydrogen-bond acceptors (Lipinski definition) is 4. The molecule has 1 aliphatic heterocycles. The van der Waals surface area contributed by atoms with Crippen LogP contribution in [-0.2, 0) is 5.75 Å². The van der Waals surface area contributed by atoms with E-state index in [4.69, 9.17) is 0 Å². The molecule has 1 amide bonds. The molecule has 1 N–H and O–H groups in total. The molecule has 0 aromatic carbocycles. The second-order valence-corrected chi connectivity index (χ2v) is 6.40. The number of carbonyl (C=O) groups is 1. The quantitative estimate of drug-likeness (QED) is 0.742. The van der Waals surface area contributed by atoms with Crippen LogP contribution in [-0.4, -0.2) is 20.4 Å². The molecule has 0 saturated heterocycles. The number of halogens is 1. The molecule has 0 radical (unpaired) electrons. The summed E-state index contributed by atoms with van der Waals surface area (Å²) >= 11 is 1.74. The first-order valence-corrected chi connectivity index (χ1v) is 8.42. The van der Waals surface area contributed by atoms with Crippen molar-refractivity contribution in [1.82, 2.24) is 14.5 Å². The lowest BCUT2D eigenvalue weighted by atomic mass is 10.2. The van der Waals surface area contributed by atoms with Crippen molar-refractivity contribution in [2.45, 2.75) is 11.1 Å². The predicted molar refractivity (Wildman–Crippen MR) is 90.3 cm³/mol. The predicted octanol–water partition coefficient (Wildman–Crippen LogP) is 3.46. The Morgan fingerprint density at radius 2 is 2.21 bits per heavy atom. The van der Waals surface area contributed by atoms with Crippen molar-refractivity contribution in [1.29, 1.82) is 0 Å². The molecule has 3 aromatic rings. The summed E-state index contributed by atoms with van der Waals surface area (Å²) in [6, 6.07) is 10.0. The lowest BCUT2D eigenvalue weighted by Gasteiger charge is -2.12. The number of pyridine rings is 2. The van der Waals surface area contributed by atoms with Crippen molar-refractivity contribution in [3.05, 3.63) is 77.8 Å². The Bertz CT molecular complexity index is 897.